The molecule has 1 aliphatic carbocycles. The summed E-state index contributed by atoms with van der Waals surface area (Å²) in [5.74, 6) is -0.275. The number of carboxylic acid groups (broad SMARTS) is 1. The van der Waals surface area contributed by atoms with Crippen molar-refractivity contribution < 1.29 is 9.90 Å². The first-order valence-electron chi connectivity index (χ1n) is 3.81. The van der Waals surface area contributed by atoms with Crippen molar-refractivity contribution in [3.8, 4) is 0 Å². The number of rotatable bonds is 1. The summed E-state index contributed by atoms with van der Waals surface area (Å²) in [7, 11) is 0. The average Bonchev–Trinajstić information content (AvgIpc) is 2.15. The van der Waals surface area contributed by atoms with Gasteiger partial charge in [0, 0.05) is 0 Å². The Labute approximate surface area is 61.2 Å². The largest absolute Gasteiger partial charge is 0.481 e. The van der Waals surface area contributed by atoms with E-state index in [2.05, 4.69) is 0 Å². The molecule has 0 radical (unpaired) electrons. The fourth-order valence-corrected chi connectivity index (χ4v) is 1.66. The average molecular weight is 142 g/mol. The van der Waals surface area contributed by atoms with Crippen LogP contribution in [0.2, 0.25) is 0 Å². The molecule has 58 valence electrons. The lowest BCUT2D eigenvalue weighted by Crippen LogP contribution is -2.29. The van der Waals surface area contributed by atoms with Crippen LogP contribution in [0.4, 0.5) is 0 Å². The summed E-state index contributed by atoms with van der Waals surface area (Å²) in [6.45, 7) is 3.88. The van der Waals surface area contributed by atoms with E-state index >= 15 is 0 Å². The third-order valence-electron chi connectivity index (χ3n) is 2.91. The van der Waals surface area contributed by atoms with E-state index < -0.39 is 11.4 Å². The smallest absolute Gasteiger partial charge is 0.309 e. The Morgan fingerprint density at radius 2 is 2.30 bits per heavy atom. The first kappa shape index (κ1) is 7.58. The van der Waals surface area contributed by atoms with E-state index in [1.807, 2.05) is 13.8 Å². The lowest BCUT2D eigenvalue weighted by molar-refractivity contribution is -0.149. The number of carboxylic acids is 1. The van der Waals surface area contributed by atoms with Crippen molar-refractivity contribution in [2.24, 2.45) is 11.3 Å². The van der Waals surface area contributed by atoms with Gasteiger partial charge in [0.15, 0.2) is 0 Å². The van der Waals surface area contributed by atoms with E-state index in [-0.39, 0.29) is 0 Å². The molecule has 0 aromatic rings. The maximum absolute atomic E-state index is 10.7. The number of carbonyl (C=O) groups is 1. The normalized spacial score (nSPS) is 40.0. The van der Waals surface area contributed by atoms with Crippen LogP contribution < -0.4 is 0 Å². The molecule has 0 spiro atoms. The van der Waals surface area contributed by atoms with Crippen LogP contribution in [0.15, 0.2) is 0 Å². The van der Waals surface area contributed by atoms with Gasteiger partial charge in [-0.05, 0) is 25.7 Å². The Morgan fingerprint density at radius 3 is 2.50 bits per heavy atom. The molecule has 0 unspecified atom stereocenters. The lowest BCUT2D eigenvalue weighted by Gasteiger charge is -2.22. The number of hydrogen-bond donors (Lipinski definition) is 1. The predicted octanol–water partition coefficient (Wildman–Crippen LogP) is 1.90. The van der Waals surface area contributed by atoms with E-state index in [1.54, 1.807) is 0 Å². The van der Waals surface area contributed by atoms with Crippen molar-refractivity contribution in [2.45, 2.75) is 33.1 Å². The first-order chi connectivity index (χ1) is 4.57. The molecule has 2 nitrogen and oxygen atoms in total. The molecule has 0 bridgehead atoms. The summed E-state index contributed by atoms with van der Waals surface area (Å²) in [5, 5.41) is 8.84. The zero-order valence-corrected chi connectivity index (χ0v) is 6.55. The minimum absolute atomic E-state index is 0.352. The highest BCUT2D eigenvalue weighted by molar-refractivity contribution is 5.74. The fourth-order valence-electron chi connectivity index (χ4n) is 1.66. The summed E-state index contributed by atoms with van der Waals surface area (Å²) in [4.78, 5) is 10.7. The van der Waals surface area contributed by atoms with Gasteiger partial charge in [0.05, 0.1) is 5.41 Å². The van der Waals surface area contributed by atoms with E-state index in [0.717, 1.165) is 19.3 Å². The molecule has 1 N–H and O–H groups in total. The van der Waals surface area contributed by atoms with E-state index in [1.165, 1.54) is 0 Å². The Hall–Kier alpha value is -0.530. The van der Waals surface area contributed by atoms with Crippen molar-refractivity contribution in [3.63, 3.8) is 0 Å². The van der Waals surface area contributed by atoms with Crippen LogP contribution in [0.5, 0.6) is 0 Å². The van der Waals surface area contributed by atoms with Gasteiger partial charge in [-0.3, -0.25) is 4.79 Å². The highest BCUT2D eigenvalue weighted by Gasteiger charge is 2.42. The predicted molar refractivity (Wildman–Crippen MR) is 38.8 cm³/mol. The van der Waals surface area contributed by atoms with Gasteiger partial charge in [-0.1, -0.05) is 13.3 Å². The van der Waals surface area contributed by atoms with Crippen molar-refractivity contribution in [2.75, 3.05) is 0 Å². The molecule has 0 saturated heterocycles. The molecule has 1 saturated carbocycles. The van der Waals surface area contributed by atoms with Gasteiger partial charge in [0.2, 0.25) is 0 Å². The summed E-state index contributed by atoms with van der Waals surface area (Å²) in [6, 6.07) is 0. The molecule has 0 heterocycles. The van der Waals surface area contributed by atoms with Crippen molar-refractivity contribution in [3.05, 3.63) is 0 Å². The molecule has 1 aliphatic rings. The Balaban J connectivity index is 2.75. The summed E-state index contributed by atoms with van der Waals surface area (Å²) < 4.78 is 0. The SMILES string of the molecule is C[C@H]1CCC[C@]1(C)C(=O)O. The molecule has 2 atom stereocenters. The molecule has 10 heavy (non-hydrogen) atoms. The van der Waals surface area contributed by atoms with Gasteiger partial charge in [-0.25, -0.2) is 0 Å². The lowest BCUT2D eigenvalue weighted by atomic mass is 9.81. The van der Waals surface area contributed by atoms with Crippen molar-refractivity contribution in [1.82, 2.24) is 0 Å². The number of hydrogen-bond acceptors (Lipinski definition) is 1. The minimum Gasteiger partial charge on any atom is -0.481 e. The first-order valence-corrected chi connectivity index (χ1v) is 3.81. The third-order valence-corrected chi connectivity index (χ3v) is 2.91. The van der Waals surface area contributed by atoms with Crippen LogP contribution in [0.1, 0.15) is 33.1 Å². The maximum Gasteiger partial charge on any atom is 0.309 e. The van der Waals surface area contributed by atoms with Crippen molar-refractivity contribution in [1.29, 1.82) is 0 Å². The van der Waals surface area contributed by atoms with Gasteiger partial charge in [-0.2, -0.15) is 0 Å². The second kappa shape index (κ2) is 2.26. The molecule has 2 heteroatoms. The Morgan fingerprint density at radius 1 is 1.70 bits per heavy atom. The van der Waals surface area contributed by atoms with Gasteiger partial charge < -0.3 is 5.11 Å². The standard InChI is InChI=1S/C8H14O2/c1-6-4-3-5-8(6,2)7(9)10/h6H,3-5H2,1-2H3,(H,9,10)/t6-,8-/m0/s1. The topological polar surface area (TPSA) is 37.3 Å². The zero-order chi connectivity index (χ0) is 7.78. The van der Waals surface area contributed by atoms with E-state index in [4.69, 9.17) is 5.11 Å². The molecular formula is C8H14O2. The van der Waals surface area contributed by atoms with Crippen LogP contribution in [0.3, 0.4) is 0 Å². The van der Waals surface area contributed by atoms with Gasteiger partial charge in [0.1, 0.15) is 0 Å². The molecular weight excluding hydrogens is 128 g/mol. The molecule has 0 aromatic heterocycles. The summed E-state index contributed by atoms with van der Waals surface area (Å²) >= 11 is 0. The molecule has 0 aromatic carbocycles. The molecule has 0 aliphatic heterocycles. The van der Waals surface area contributed by atoms with Gasteiger partial charge in [-0.15, -0.1) is 0 Å². The third kappa shape index (κ3) is 0.917. The second-order valence-corrected chi connectivity index (χ2v) is 3.52. The van der Waals surface area contributed by atoms with Gasteiger partial charge >= 0.3 is 5.97 Å². The Kier molecular flexibility index (Phi) is 1.71. The van der Waals surface area contributed by atoms with Gasteiger partial charge in [0.25, 0.3) is 0 Å². The van der Waals surface area contributed by atoms with Crippen LogP contribution in [0, 0.1) is 11.3 Å². The zero-order valence-electron chi connectivity index (χ0n) is 6.55. The number of aliphatic carboxylic acids is 1. The molecule has 1 fully saturated rings. The van der Waals surface area contributed by atoms with E-state index in [0.29, 0.717) is 5.92 Å². The second-order valence-electron chi connectivity index (χ2n) is 3.52. The highest BCUT2D eigenvalue weighted by atomic mass is 16.4. The van der Waals surface area contributed by atoms with Crippen LogP contribution in [0.25, 0.3) is 0 Å². The van der Waals surface area contributed by atoms with E-state index in [9.17, 15) is 4.79 Å². The maximum atomic E-state index is 10.7. The summed E-state index contributed by atoms with van der Waals surface area (Å²) in [6.07, 6.45) is 3.00. The van der Waals surface area contributed by atoms with Crippen LogP contribution in [-0.2, 0) is 4.79 Å². The quantitative estimate of drug-likeness (QED) is 0.607. The molecule has 0 amide bonds. The highest BCUT2D eigenvalue weighted by Crippen LogP contribution is 2.42. The van der Waals surface area contributed by atoms with Crippen LogP contribution in [-0.4, -0.2) is 11.1 Å². The Bertz CT molecular complexity index is 153. The summed E-state index contributed by atoms with van der Waals surface area (Å²) in [5.41, 5.74) is -0.431. The molecule has 1 rings (SSSR count). The fraction of sp³-hybridized carbons (Fsp3) is 0.875. The minimum atomic E-state index is -0.627. The monoisotopic (exact) mass is 142 g/mol. The van der Waals surface area contributed by atoms with Crippen LogP contribution >= 0.6 is 0 Å². The van der Waals surface area contributed by atoms with Crippen molar-refractivity contribution >= 4 is 5.97 Å².